The summed E-state index contributed by atoms with van der Waals surface area (Å²) in [6, 6.07) is 7.29. The number of aromatic nitrogens is 2. The summed E-state index contributed by atoms with van der Waals surface area (Å²) in [5, 5.41) is 19.4. The van der Waals surface area contributed by atoms with Gasteiger partial charge in [0.05, 0.1) is 30.5 Å². The molecule has 1 saturated heterocycles. The summed E-state index contributed by atoms with van der Waals surface area (Å²) in [5.74, 6) is -1.17. The van der Waals surface area contributed by atoms with Crippen LogP contribution in [0.3, 0.4) is 0 Å². The van der Waals surface area contributed by atoms with Crippen molar-refractivity contribution in [3.8, 4) is 11.9 Å². The van der Waals surface area contributed by atoms with E-state index in [9.17, 15) is 19.1 Å². The topological polar surface area (TPSA) is 141 Å². The molecule has 11 nitrogen and oxygen atoms in total. The van der Waals surface area contributed by atoms with Crippen molar-refractivity contribution in [1.82, 2.24) is 19.8 Å². The largest absolute Gasteiger partial charge is 0.481 e. The van der Waals surface area contributed by atoms with Crippen molar-refractivity contribution < 1.29 is 33.0 Å². The molecule has 4 atom stereocenters. The fraction of sp³-hybridized carbons (Fsp3) is 0.500. The van der Waals surface area contributed by atoms with Gasteiger partial charge in [0.15, 0.2) is 5.17 Å². The van der Waals surface area contributed by atoms with Crippen molar-refractivity contribution in [3.05, 3.63) is 53.0 Å². The first kappa shape index (κ1) is 34.5. The molecule has 2 aromatic heterocycles. The first-order chi connectivity index (χ1) is 22.2. The summed E-state index contributed by atoms with van der Waals surface area (Å²) in [7, 11) is -0.0138. The maximum Gasteiger partial charge on any atom is 0.415 e. The number of amides is 2. The van der Waals surface area contributed by atoms with E-state index >= 15 is 4.39 Å². The number of carboxylic acid groups (broad SMARTS) is 1. The molecule has 0 radical (unpaired) electrons. The maximum atomic E-state index is 15.3. The van der Waals surface area contributed by atoms with Gasteiger partial charge in [-0.05, 0) is 55.6 Å². The van der Waals surface area contributed by atoms with E-state index in [-0.39, 0.29) is 48.9 Å². The monoisotopic (exact) mass is 684 g/mol. The molecule has 1 saturated carbocycles. The van der Waals surface area contributed by atoms with Crippen LogP contribution in [-0.2, 0) is 15.1 Å². The smallest absolute Gasteiger partial charge is 0.415 e. The van der Waals surface area contributed by atoms with Gasteiger partial charge in [0.2, 0.25) is 11.8 Å². The van der Waals surface area contributed by atoms with Crippen LogP contribution in [0.2, 0.25) is 25.7 Å². The molecule has 1 aliphatic carbocycles. The second-order valence-electron chi connectivity index (χ2n) is 13.3. The molecule has 5 rings (SSSR count). The third-order valence-electron chi connectivity index (χ3n) is 8.69. The summed E-state index contributed by atoms with van der Waals surface area (Å²) in [6.07, 6.45) is 2.11. The normalized spacial score (nSPS) is 25.4. The van der Waals surface area contributed by atoms with Gasteiger partial charge < -0.3 is 19.5 Å². The van der Waals surface area contributed by atoms with Crippen molar-refractivity contribution in [1.29, 1.82) is 5.26 Å². The van der Waals surface area contributed by atoms with Gasteiger partial charge in [-0.1, -0.05) is 31.4 Å². The Morgan fingerprint density at radius 2 is 2.06 bits per heavy atom. The molecule has 15 heteroatoms. The molecular weight excluding hydrogens is 647 g/mol. The lowest BCUT2D eigenvalue weighted by molar-refractivity contribution is -0.131. The number of pyridine rings is 2. The molecule has 2 amide bonds. The number of nitriles is 1. The van der Waals surface area contributed by atoms with Crippen LogP contribution < -0.4 is 4.74 Å². The molecule has 1 N–H and O–H groups in total. The first-order valence-corrected chi connectivity index (χ1v) is 19.8. The zero-order chi connectivity index (χ0) is 34.1. The number of nitrogens with zero attached hydrogens (tertiary/aromatic N) is 6. The quantitative estimate of drug-likeness (QED) is 0.188. The van der Waals surface area contributed by atoms with Gasteiger partial charge in [-0.3, -0.25) is 14.8 Å². The van der Waals surface area contributed by atoms with Crippen LogP contribution in [-0.4, -0.2) is 94.6 Å². The average molecular weight is 685 g/mol. The Bertz CT molecular complexity index is 1650. The molecule has 0 unspecified atom stereocenters. The van der Waals surface area contributed by atoms with E-state index in [0.29, 0.717) is 29.7 Å². The number of alkyl halides is 1. The molecule has 250 valence electrons. The second-order valence-corrected chi connectivity index (χ2v) is 20.3. The summed E-state index contributed by atoms with van der Waals surface area (Å²) in [6.45, 7) is 8.70. The zero-order valence-electron chi connectivity index (χ0n) is 27.0. The fourth-order valence-corrected chi connectivity index (χ4v) is 8.30. The van der Waals surface area contributed by atoms with E-state index in [2.05, 4.69) is 29.6 Å². The number of carbonyl (C=O) groups excluding carboxylic acids is 1. The van der Waals surface area contributed by atoms with E-state index in [0.717, 1.165) is 22.7 Å². The lowest BCUT2D eigenvalue weighted by Gasteiger charge is -2.38. The molecule has 0 aromatic carbocycles. The van der Waals surface area contributed by atoms with E-state index in [1.54, 1.807) is 13.0 Å². The van der Waals surface area contributed by atoms with Crippen molar-refractivity contribution in [3.63, 3.8) is 0 Å². The third-order valence-corrected chi connectivity index (χ3v) is 11.9. The fourth-order valence-electron chi connectivity index (χ4n) is 5.91. The molecule has 47 heavy (non-hydrogen) atoms. The highest BCUT2D eigenvalue weighted by Gasteiger charge is 2.72. The number of methoxy groups -OCH3 is 1. The predicted molar refractivity (Wildman–Crippen MR) is 177 cm³/mol. The number of likely N-dealkylation sites (tertiary alicyclic amines) is 1. The molecule has 2 fully saturated rings. The number of ether oxygens (including phenoxy) is 2. The van der Waals surface area contributed by atoms with Gasteiger partial charge in [0.25, 0.3) is 0 Å². The van der Waals surface area contributed by atoms with Gasteiger partial charge in [0.1, 0.15) is 29.5 Å². The number of amidine groups is 1. The Morgan fingerprint density at radius 3 is 2.66 bits per heavy atom. The Balaban J connectivity index is 1.55. The minimum atomic E-state index is -1.45. The molecule has 4 heterocycles. The number of hydrogen-bond acceptors (Lipinski definition) is 9. The van der Waals surface area contributed by atoms with E-state index in [1.807, 2.05) is 6.07 Å². The lowest BCUT2D eigenvalue weighted by atomic mass is 9.85. The summed E-state index contributed by atoms with van der Waals surface area (Å²) in [5.41, 5.74) is -0.133. The highest BCUT2D eigenvalue weighted by molar-refractivity contribution is 8.16. The standard InChI is InChI=1S/C32H38F2N6O5SSi/c1-31(23-12-21(17-37-27(23)44-2)13-24(34)25-7-6-20(15-35)16-36-25)26-14-32(26,28(41)39-9-8-22(33)18-39)46-29(38-31)40(30(42)43)19-45-10-11-47(3,4)5/h6-7,12-13,16-17,22,26H,8-11,14,18-19H2,1-5H3,(H,42,43)/b24-13-/t22-,26+,31-,32+/m1/s1. The number of hydrogen-bond donors (Lipinski definition) is 1. The van der Waals surface area contributed by atoms with Crippen molar-refractivity contribution >= 4 is 48.9 Å². The minimum absolute atomic E-state index is 0.0205. The first-order valence-electron chi connectivity index (χ1n) is 15.3. The van der Waals surface area contributed by atoms with E-state index in [1.165, 1.54) is 42.6 Å². The Kier molecular flexibility index (Phi) is 9.77. The van der Waals surface area contributed by atoms with Gasteiger partial charge in [0, 0.05) is 45.1 Å². The Hall–Kier alpha value is -3.87. The van der Waals surface area contributed by atoms with Crippen LogP contribution in [0.4, 0.5) is 13.6 Å². The van der Waals surface area contributed by atoms with Gasteiger partial charge in [-0.25, -0.2) is 23.5 Å². The van der Waals surface area contributed by atoms with Crippen molar-refractivity contribution in [2.24, 2.45) is 10.9 Å². The van der Waals surface area contributed by atoms with Gasteiger partial charge >= 0.3 is 6.09 Å². The number of aliphatic imine (C=N–C) groups is 1. The van der Waals surface area contributed by atoms with E-state index in [4.69, 9.17) is 19.7 Å². The highest BCUT2D eigenvalue weighted by atomic mass is 32.2. The number of rotatable bonds is 10. The summed E-state index contributed by atoms with van der Waals surface area (Å²) < 4.78 is 39.9. The van der Waals surface area contributed by atoms with Crippen LogP contribution in [0.1, 0.15) is 42.1 Å². The minimum Gasteiger partial charge on any atom is -0.481 e. The molecule has 0 bridgehead atoms. The molecule has 3 aliphatic rings. The zero-order valence-corrected chi connectivity index (χ0v) is 28.8. The van der Waals surface area contributed by atoms with Gasteiger partial charge in [-0.2, -0.15) is 5.26 Å². The lowest BCUT2D eigenvalue weighted by Crippen LogP contribution is -2.48. The van der Waals surface area contributed by atoms with Gasteiger partial charge in [-0.15, -0.1) is 0 Å². The number of fused-ring (bicyclic) bond motifs is 1. The van der Waals surface area contributed by atoms with Crippen LogP contribution in [0.25, 0.3) is 11.9 Å². The van der Waals surface area contributed by atoms with Crippen LogP contribution >= 0.6 is 11.8 Å². The van der Waals surface area contributed by atoms with Crippen LogP contribution in [0.15, 0.2) is 35.6 Å². The third kappa shape index (κ3) is 7.19. The summed E-state index contributed by atoms with van der Waals surface area (Å²) in [4.78, 5) is 42.6. The SMILES string of the molecule is COc1ncc(/C=C(\F)c2ccc(C#N)cn2)cc1[C@@]1(C)N=C(N(COCC[Si](C)(C)C)C(=O)O)S[C@@]2(C(=O)N3CC[C@@H](F)C3)C[C@H]21. The average Bonchev–Trinajstić information content (AvgIpc) is 3.64. The number of halogens is 2. The molecule has 0 spiro atoms. The predicted octanol–water partition coefficient (Wildman–Crippen LogP) is 5.76. The van der Waals surface area contributed by atoms with Crippen LogP contribution in [0, 0.1) is 17.2 Å². The second kappa shape index (κ2) is 13.3. The van der Waals surface area contributed by atoms with Crippen molar-refractivity contribution in [2.45, 2.75) is 61.9 Å². The molecular formula is C32H38F2N6O5SSi. The Morgan fingerprint density at radius 1 is 1.30 bits per heavy atom. The van der Waals surface area contributed by atoms with Crippen LogP contribution in [0.5, 0.6) is 5.88 Å². The highest BCUT2D eigenvalue weighted by Crippen LogP contribution is 2.67. The number of carbonyl (C=O) groups is 2. The maximum absolute atomic E-state index is 15.3. The molecule has 2 aromatic rings. The summed E-state index contributed by atoms with van der Waals surface area (Å²) >= 11 is 1.08. The van der Waals surface area contributed by atoms with Crippen molar-refractivity contribution in [2.75, 3.05) is 33.5 Å². The Labute approximate surface area is 277 Å². The molecule has 2 aliphatic heterocycles. The number of thioether (sulfide) groups is 1. The van der Waals surface area contributed by atoms with E-state index < -0.39 is 42.4 Å².